The third kappa shape index (κ3) is 11.8. The van der Waals surface area contributed by atoms with Gasteiger partial charge in [-0.05, 0) is 47.9 Å². The first-order chi connectivity index (χ1) is 29.5. The van der Waals surface area contributed by atoms with E-state index in [-0.39, 0.29) is 0 Å². The molecular formula is C56H57Cl2SiZr-3. The Morgan fingerprint density at radius 1 is 0.483 bits per heavy atom. The molecule has 2 radical (unpaired) electrons. The van der Waals surface area contributed by atoms with Gasteiger partial charge >= 0.3 is 37.9 Å². The van der Waals surface area contributed by atoms with Crippen LogP contribution in [-0.4, -0.2) is 9.52 Å². The van der Waals surface area contributed by atoms with Gasteiger partial charge in [-0.2, -0.15) is 41.6 Å². The monoisotopic (exact) mass is 917 g/mol. The molecule has 0 aliphatic carbocycles. The Morgan fingerprint density at radius 2 is 0.933 bits per heavy atom. The number of hydrogen-bond donors (Lipinski definition) is 0. The molecule has 8 aromatic carbocycles. The minimum absolute atomic E-state index is 0.795. The summed E-state index contributed by atoms with van der Waals surface area (Å²) < 4.78 is 0. The maximum atomic E-state index is 4.93. The van der Waals surface area contributed by atoms with Gasteiger partial charge in [-0.15, -0.1) is 74.6 Å². The maximum absolute atomic E-state index is 4.93. The van der Waals surface area contributed by atoms with Gasteiger partial charge in [-0.3, -0.25) is 0 Å². The Morgan fingerprint density at radius 3 is 1.43 bits per heavy atom. The summed E-state index contributed by atoms with van der Waals surface area (Å²) in [5.74, 6) is 0. The van der Waals surface area contributed by atoms with Crippen LogP contribution < -0.4 is 10.4 Å². The zero-order chi connectivity index (χ0) is 42.1. The van der Waals surface area contributed by atoms with E-state index in [0.717, 1.165) is 22.4 Å². The summed E-state index contributed by atoms with van der Waals surface area (Å²) in [6, 6.07) is 58.9. The summed E-state index contributed by atoms with van der Waals surface area (Å²) in [5.41, 5.74) is 14.3. The summed E-state index contributed by atoms with van der Waals surface area (Å²) in [6.07, 6.45) is 12.1. The van der Waals surface area contributed by atoms with E-state index in [9.17, 15) is 0 Å². The summed E-state index contributed by atoms with van der Waals surface area (Å²) in [5, 5.41) is 8.42. The number of unbranched alkanes of at least 4 members (excludes halogenated alkanes) is 2. The first-order valence-electron chi connectivity index (χ1n) is 21.9. The van der Waals surface area contributed by atoms with Gasteiger partial charge in [0.25, 0.3) is 0 Å². The second-order valence-electron chi connectivity index (χ2n) is 15.6. The van der Waals surface area contributed by atoms with Crippen molar-refractivity contribution in [1.82, 2.24) is 0 Å². The van der Waals surface area contributed by atoms with E-state index in [4.69, 9.17) is 17.0 Å². The molecule has 4 heteroatoms. The number of rotatable bonds is 12. The smallest absolute Gasteiger partial charge is 0.0920 e. The predicted octanol–water partition coefficient (Wildman–Crippen LogP) is 15.5. The number of halogens is 2. The van der Waals surface area contributed by atoms with Crippen molar-refractivity contribution in [3.05, 3.63) is 180 Å². The number of fused-ring (bicyclic) bond motifs is 5. The molecule has 0 saturated carbocycles. The van der Waals surface area contributed by atoms with Crippen molar-refractivity contribution in [2.24, 2.45) is 0 Å². The van der Waals surface area contributed by atoms with E-state index in [1.807, 2.05) is 6.07 Å². The van der Waals surface area contributed by atoms with Crippen LogP contribution in [0.1, 0.15) is 88.5 Å². The molecule has 0 nitrogen and oxygen atoms in total. The third-order valence-corrected chi connectivity index (χ3v) is 12.6. The van der Waals surface area contributed by atoms with Crippen LogP contribution in [0.5, 0.6) is 0 Å². The fourth-order valence-corrected chi connectivity index (χ4v) is 9.69. The van der Waals surface area contributed by atoms with Crippen molar-refractivity contribution in [1.29, 1.82) is 0 Å². The van der Waals surface area contributed by atoms with Crippen LogP contribution in [-0.2, 0) is 46.5 Å². The van der Waals surface area contributed by atoms with E-state index in [2.05, 4.69) is 179 Å². The molecule has 0 unspecified atom stereocenters. The largest absolute Gasteiger partial charge is 0.184 e. The van der Waals surface area contributed by atoms with Gasteiger partial charge in [-0.25, -0.2) is 0 Å². The molecule has 1 heterocycles. The van der Waals surface area contributed by atoms with Crippen molar-refractivity contribution in [2.45, 2.75) is 91.9 Å². The average Bonchev–Trinajstić information content (AvgIpc) is 4.01. The Kier molecular flexibility index (Phi) is 18.3. The fraction of sp³-hybridized carbons (Fsp3) is 0.250. The quantitative estimate of drug-likeness (QED) is 0.0846. The van der Waals surface area contributed by atoms with Crippen molar-refractivity contribution >= 4 is 58.5 Å². The van der Waals surface area contributed by atoms with E-state index < -0.39 is 20.8 Å². The normalized spacial score (nSPS) is 11.1. The molecule has 8 aromatic rings. The molecule has 0 amide bonds. The molecular weight excluding hydrogens is 863 g/mol. The molecule has 0 bridgehead atoms. The minimum atomic E-state index is -0.826. The average molecular weight is 920 g/mol. The molecule has 1 aliphatic rings. The van der Waals surface area contributed by atoms with E-state index in [1.165, 1.54) is 139 Å². The molecule has 0 saturated heterocycles. The van der Waals surface area contributed by atoms with Gasteiger partial charge in [0.1, 0.15) is 0 Å². The van der Waals surface area contributed by atoms with Crippen LogP contribution in [0.2, 0.25) is 0 Å². The van der Waals surface area contributed by atoms with Crippen LogP contribution in [0.25, 0.3) is 54.9 Å². The van der Waals surface area contributed by atoms with Gasteiger partial charge < -0.3 is 0 Å². The molecule has 1 aliphatic heterocycles. The van der Waals surface area contributed by atoms with Crippen molar-refractivity contribution in [2.75, 3.05) is 0 Å². The first kappa shape index (κ1) is 45.7. The summed E-state index contributed by atoms with van der Waals surface area (Å²) in [4.78, 5) is 0. The molecule has 9 rings (SSSR count). The fourth-order valence-electron chi connectivity index (χ4n) is 8.38. The Bertz CT molecular complexity index is 2370. The van der Waals surface area contributed by atoms with Gasteiger partial charge in [0, 0.05) is 0 Å². The third-order valence-electron chi connectivity index (χ3n) is 11.2. The number of hydrogen-bond acceptors (Lipinski definition) is 0. The van der Waals surface area contributed by atoms with Gasteiger partial charge in [0.2, 0.25) is 0 Å². The summed E-state index contributed by atoms with van der Waals surface area (Å²) >= 11 is -0.826. The topological polar surface area (TPSA) is 0 Å². The standard InChI is InChI=1S/2C22H25.C12H7Si.2ClH.Zr/c2*1-3-5-10-17-15-19-12-8-14-21(22(19)16-17)20-13-7-6-11-18(20)9-4-2;1-3-7-11-9(5-1)10-6-2-4-8-12(10)13-11;;;/h2*6-8,11-16H,3-5,9-10H2,1-2H3;1-7H;2*1H;/q3*-1;;;+2/p-2. The summed E-state index contributed by atoms with van der Waals surface area (Å²) in [7, 11) is 10.7. The Balaban J connectivity index is 0.000000150. The zero-order valence-electron chi connectivity index (χ0n) is 35.8. The van der Waals surface area contributed by atoms with E-state index in [0.29, 0.717) is 0 Å². The van der Waals surface area contributed by atoms with Crippen LogP contribution in [0.3, 0.4) is 0 Å². The molecule has 306 valence electrons. The maximum Gasteiger partial charge on any atom is 0.0920 e. The zero-order valence-corrected chi connectivity index (χ0v) is 40.7. The van der Waals surface area contributed by atoms with Crippen molar-refractivity contribution in [3.8, 4) is 33.4 Å². The summed E-state index contributed by atoms with van der Waals surface area (Å²) in [6.45, 7) is 9.02. The van der Waals surface area contributed by atoms with Gasteiger partial charge in [0.05, 0.1) is 9.52 Å². The number of benzene rings is 6. The second-order valence-corrected chi connectivity index (χ2v) is 20.6. The van der Waals surface area contributed by atoms with Crippen LogP contribution in [0.4, 0.5) is 0 Å². The van der Waals surface area contributed by atoms with Crippen molar-refractivity contribution < 1.29 is 20.8 Å². The molecule has 0 atom stereocenters. The van der Waals surface area contributed by atoms with Crippen LogP contribution in [0, 0.1) is 6.07 Å². The van der Waals surface area contributed by atoms with E-state index >= 15 is 0 Å². The SMILES string of the molecule is CCCCc1cc2c(-c3ccccc3CCC)cccc2[cH-]1.CCCCc1cc2c(-c3ccccc3CCC)cccc2[cH-]1.[Cl][Zr][Cl].[c-]1cccc2c1[Si]c1ccccc1-2. The van der Waals surface area contributed by atoms with Crippen LogP contribution in [0.15, 0.2) is 152 Å². The molecule has 0 fully saturated rings. The Hall–Kier alpha value is -3.78. The van der Waals surface area contributed by atoms with Crippen molar-refractivity contribution in [3.63, 3.8) is 0 Å². The second kappa shape index (κ2) is 24.0. The minimum Gasteiger partial charge on any atom is -0.184 e. The first-order valence-corrected chi connectivity index (χ1v) is 29.2. The molecule has 0 aromatic heterocycles. The van der Waals surface area contributed by atoms with Crippen LogP contribution >= 0.6 is 17.0 Å². The Labute approximate surface area is 381 Å². The molecule has 0 spiro atoms. The van der Waals surface area contributed by atoms with E-state index in [1.54, 1.807) is 0 Å². The van der Waals surface area contributed by atoms with Gasteiger partial charge in [-0.1, -0.05) is 173 Å². The predicted molar refractivity (Wildman–Crippen MR) is 263 cm³/mol. The number of aryl methyl sites for hydroxylation is 4. The molecule has 60 heavy (non-hydrogen) atoms. The molecule has 0 N–H and O–H groups in total. The van der Waals surface area contributed by atoms with Gasteiger partial charge in [0.15, 0.2) is 0 Å².